The van der Waals surface area contributed by atoms with Gasteiger partial charge in [-0.3, -0.25) is 14.2 Å². The van der Waals surface area contributed by atoms with E-state index in [2.05, 4.69) is 4.98 Å². The van der Waals surface area contributed by atoms with Crippen LogP contribution in [0.4, 0.5) is 4.79 Å². The molecule has 2 aliphatic rings. The third-order valence-corrected chi connectivity index (χ3v) is 10.3. The number of rotatable bonds is 8. The third-order valence-electron chi connectivity index (χ3n) is 10.3. The van der Waals surface area contributed by atoms with Crippen LogP contribution in [0.2, 0.25) is 0 Å². The van der Waals surface area contributed by atoms with E-state index in [4.69, 9.17) is 9.47 Å². The van der Waals surface area contributed by atoms with Gasteiger partial charge in [0.05, 0.1) is 17.5 Å². The van der Waals surface area contributed by atoms with Gasteiger partial charge in [-0.25, -0.2) is 9.78 Å². The van der Waals surface area contributed by atoms with Crippen molar-refractivity contribution in [2.45, 2.75) is 70.3 Å². The molecule has 0 saturated carbocycles. The molecule has 0 bridgehead atoms. The van der Waals surface area contributed by atoms with E-state index in [-0.39, 0.29) is 35.9 Å². The maximum absolute atomic E-state index is 14.1. The number of fused-ring (bicyclic) bond motifs is 1. The zero-order valence-electron chi connectivity index (χ0n) is 30.6. The van der Waals surface area contributed by atoms with Crippen LogP contribution in [0.15, 0.2) is 108 Å². The van der Waals surface area contributed by atoms with Crippen LogP contribution in [0.5, 0.6) is 5.75 Å². The number of aliphatic hydroxyl groups is 1. The Morgan fingerprint density at radius 3 is 2.25 bits per heavy atom. The molecule has 2 aliphatic heterocycles. The molecule has 53 heavy (non-hydrogen) atoms. The molecule has 0 aliphatic carbocycles. The average Bonchev–Trinajstić information content (AvgIpc) is 3.60. The maximum Gasteiger partial charge on any atom is 0.410 e. The minimum atomic E-state index is -1.17. The number of aromatic nitrogens is 3. The van der Waals surface area contributed by atoms with E-state index in [0.29, 0.717) is 63.1 Å². The monoisotopic (exact) mass is 717 g/mol. The van der Waals surface area contributed by atoms with Crippen LogP contribution in [0.25, 0.3) is 16.7 Å². The number of piperidine rings is 2. The molecule has 1 N–H and O–H groups in total. The summed E-state index contributed by atoms with van der Waals surface area (Å²) in [5.74, 6) is 0.283. The summed E-state index contributed by atoms with van der Waals surface area (Å²) in [5, 5.41) is 12.1. The lowest BCUT2D eigenvalue weighted by molar-refractivity contribution is -0.142. The molecule has 2 aromatic heterocycles. The van der Waals surface area contributed by atoms with E-state index < -0.39 is 11.2 Å². The molecule has 5 aromatic rings. The normalized spacial score (nSPS) is 18.9. The van der Waals surface area contributed by atoms with E-state index in [1.807, 2.05) is 121 Å². The number of nitrogens with zero attached hydrogens (tertiary/aromatic N) is 5. The van der Waals surface area contributed by atoms with E-state index in [0.717, 1.165) is 22.6 Å². The van der Waals surface area contributed by atoms with Crippen LogP contribution in [0, 0.1) is 5.92 Å². The third kappa shape index (κ3) is 8.15. The minimum absolute atomic E-state index is 0.0297. The molecular formula is C42H47N5O6. The topological polar surface area (TPSA) is 119 Å². The highest BCUT2D eigenvalue weighted by molar-refractivity contribution is 5.81. The van der Waals surface area contributed by atoms with Crippen molar-refractivity contribution in [3.8, 4) is 11.4 Å². The lowest BCUT2D eigenvalue weighted by Gasteiger charge is -2.43. The summed E-state index contributed by atoms with van der Waals surface area (Å²) in [7, 11) is 0. The fourth-order valence-electron chi connectivity index (χ4n) is 7.45. The first-order valence-electron chi connectivity index (χ1n) is 18.3. The van der Waals surface area contributed by atoms with Gasteiger partial charge >= 0.3 is 6.09 Å². The molecular weight excluding hydrogens is 670 g/mol. The average molecular weight is 718 g/mol. The predicted molar refractivity (Wildman–Crippen MR) is 202 cm³/mol. The quantitative estimate of drug-likeness (QED) is 0.204. The Labute approximate surface area is 309 Å². The first-order valence-corrected chi connectivity index (χ1v) is 18.3. The second-order valence-electron chi connectivity index (χ2n) is 15.3. The summed E-state index contributed by atoms with van der Waals surface area (Å²) in [5.41, 5.74) is 1.45. The molecule has 2 atom stereocenters. The van der Waals surface area contributed by atoms with E-state index in [1.54, 1.807) is 11.0 Å². The summed E-state index contributed by atoms with van der Waals surface area (Å²) in [4.78, 5) is 48.9. The van der Waals surface area contributed by atoms with Crippen molar-refractivity contribution in [1.29, 1.82) is 0 Å². The van der Waals surface area contributed by atoms with Crippen molar-refractivity contribution in [3.05, 3.63) is 125 Å². The summed E-state index contributed by atoms with van der Waals surface area (Å²) < 4.78 is 14.9. The first kappa shape index (κ1) is 36.0. The Bertz CT molecular complexity index is 2100. The number of hydrogen-bond acceptors (Lipinski definition) is 7. The fourth-order valence-corrected chi connectivity index (χ4v) is 7.45. The highest BCUT2D eigenvalue weighted by atomic mass is 16.6. The molecule has 7 rings (SSSR count). The van der Waals surface area contributed by atoms with Crippen LogP contribution in [0.1, 0.15) is 57.1 Å². The van der Waals surface area contributed by atoms with Crippen molar-refractivity contribution in [2.75, 3.05) is 26.2 Å². The largest absolute Gasteiger partial charge is 0.489 e. The summed E-state index contributed by atoms with van der Waals surface area (Å²) in [6.45, 7) is 7.66. The van der Waals surface area contributed by atoms with Gasteiger partial charge in [0, 0.05) is 49.9 Å². The Balaban J connectivity index is 0.992. The number of amides is 2. The van der Waals surface area contributed by atoms with Gasteiger partial charge < -0.3 is 28.9 Å². The van der Waals surface area contributed by atoms with Crippen LogP contribution < -0.4 is 10.3 Å². The number of likely N-dealkylation sites (tertiary alicyclic amines) is 2. The van der Waals surface area contributed by atoms with Crippen LogP contribution >= 0.6 is 0 Å². The van der Waals surface area contributed by atoms with Gasteiger partial charge in [-0.05, 0) is 81.5 Å². The lowest BCUT2D eigenvalue weighted by Crippen LogP contribution is -2.53. The predicted octanol–water partition coefficient (Wildman–Crippen LogP) is 6.16. The van der Waals surface area contributed by atoms with E-state index in [9.17, 15) is 19.5 Å². The van der Waals surface area contributed by atoms with Crippen LogP contribution in [-0.2, 0) is 22.7 Å². The molecule has 0 unspecified atom stereocenters. The van der Waals surface area contributed by atoms with Crippen molar-refractivity contribution in [3.63, 3.8) is 0 Å². The van der Waals surface area contributed by atoms with E-state index in [1.165, 1.54) is 10.9 Å². The van der Waals surface area contributed by atoms with Crippen molar-refractivity contribution < 1.29 is 24.2 Å². The lowest BCUT2D eigenvalue weighted by atomic mass is 9.79. The molecule has 3 aromatic carbocycles. The summed E-state index contributed by atoms with van der Waals surface area (Å²) in [6.07, 6.45) is 4.13. The van der Waals surface area contributed by atoms with Gasteiger partial charge in [0.1, 0.15) is 24.3 Å². The maximum atomic E-state index is 14.1. The second kappa shape index (κ2) is 14.9. The Morgan fingerprint density at radius 2 is 1.57 bits per heavy atom. The number of ether oxygens (including phenoxy) is 2. The van der Waals surface area contributed by atoms with Crippen molar-refractivity contribution in [2.24, 2.45) is 5.92 Å². The van der Waals surface area contributed by atoms with Gasteiger partial charge in [0.25, 0.3) is 5.56 Å². The molecule has 11 nitrogen and oxygen atoms in total. The highest BCUT2D eigenvalue weighted by Gasteiger charge is 2.42. The Hall–Kier alpha value is -5.42. The van der Waals surface area contributed by atoms with Gasteiger partial charge in [-0.2, -0.15) is 0 Å². The first-order chi connectivity index (χ1) is 25.5. The van der Waals surface area contributed by atoms with Gasteiger partial charge in [0.2, 0.25) is 5.91 Å². The molecule has 4 heterocycles. The Morgan fingerprint density at radius 1 is 0.887 bits per heavy atom. The zero-order chi connectivity index (χ0) is 37.2. The number of hydrogen-bond donors (Lipinski definition) is 1. The highest BCUT2D eigenvalue weighted by Crippen LogP contribution is 2.36. The Kier molecular flexibility index (Phi) is 10.1. The molecule has 2 fully saturated rings. The number of carbonyl (C=O) groups is 2. The second-order valence-corrected chi connectivity index (χ2v) is 15.3. The van der Waals surface area contributed by atoms with E-state index >= 15 is 0 Å². The molecule has 11 heteroatoms. The molecule has 276 valence electrons. The van der Waals surface area contributed by atoms with Crippen LogP contribution in [-0.4, -0.2) is 78.4 Å². The molecule has 0 radical (unpaired) electrons. The van der Waals surface area contributed by atoms with Crippen LogP contribution in [0.3, 0.4) is 0 Å². The van der Waals surface area contributed by atoms with Crippen molar-refractivity contribution >= 4 is 23.0 Å². The zero-order valence-corrected chi connectivity index (χ0v) is 30.6. The van der Waals surface area contributed by atoms with Gasteiger partial charge in [0.15, 0.2) is 5.65 Å². The summed E-state index contributed by atoms with van der Waals surface area (Å²) >= 11 is 0. The summed E-state index contributed by atoms with van der Waals surface area (Å²) in [6, 6.07) is 29.2. The van der Waals surface area contributed by atoms with Crippen molar-refractivity contribution in [1.82, 2.24) is 23.9 Å². The number of carbonyl (C=O) groups excluding carboxylic acids is 2. The standard InChI is InChI=1S/C42H47N5O6/c1-41(2,3)53-40(50)45-22-18-34(36(26-45)31-12-8-5-9-13-31)38(48)44-24-20-42(51,21-25-44)28-46-29-43-37-35(39(46)49)19-23-47(37)32-14-16-33(17-15-32)52-27-30-10-6-4-7-11-30/h4-17,19,23,29,34,36,51H,18,20-22,24-28H2,1-3H3/t34-,36+/m1/s1. The molecule has 0 spiro atoms. The fraction of sp³-hybridized carbons (Fsp3) is 0.381. The SMILES string of the molecule is CC(C)(C)OC(=O)N1CC[C@@H](C(=O)N2CCC(O)(Cn3cnc4c(ccn4-c4ccc(OCc5ccccc5)cc4)c3=O)CC2)[C@H](c2ccccc2)C1. The van der Waals surface area contributed by atoms with Gasteiger partial charge in [-0.1, -0.05) is 60.7 Å². The minimum Gasteiger partial charge on any atom is -0.489 e. The van der Waals surface area contributed by atoms with Gasteiger partial charge in [-0.15, -0.1) is 0 Å². The smallest absolute Gasteiger partial charge is 0.410 e. The molecule has 2 amide bonds. The molecule has 2 saturated heterocycles. The number of benzene rings is 3.